The van der Waals surface area contributed by atoms with Crippen molar-refractivity contribution in [3.05, 3.63) is 63.7 Å². The van der Waals surface area contributed by atoms with Gasteiger partial charge in [-0.1, -0.05) is 6.07 Å². The molecule has 2 rings (SSSR count). The predicted molar refractivity (Wildman–Crippen MR) is 94.1 cm³/mol. The van der Waals surface area contributed by atoms with Gasteiger partial charge in [-0.2, -0.15) is 0 Å². The normalized spacial score (nSPS) is 10.1. The number of nitrogens with one attached hydrogen (secondary N) is 1. The number of amides is 1. The number of carbonyl (C=O) groups excluding carboxylic acids is 2. The second-order valence-corrected chi connectivity index (χ2v) is 5.55. The smallest absolute Gasteiger partial charge is 0.344 e. The summed E-state index contributed by atoms with van der Waals surface area (Å²) in [4.78, 5) is 33.4. The minimum atomic E-state index is -0.679. The van der Waals surface area contributed by atoms with Gasteiger partial charge in [0.2, 0.25) is 0 Å². The number of nitro groups is 1. The molecule has 0 aliphatic carbocycles. The van der Waals surface area contributed by atoms with Crippen molar-refractivity contribution in [2.45, 2.75) is 13.8 Å². The van der Waals surface area contributed by atoms with Crippen LogP contribution in [0.15, 0.2) is 42.5 Å². The third-order valence-electron chi connectivity index (χ3n) is 3.56. The van der Waals surface area contributed by atoms with Crippen LogP contribution >= 0.6 is 0 Å². The first-order valence-corrected chi connectivity index (χ1v) is 7.75. The maximum absolute atomic E-state index is 11.7. The van der Waals surface area contributed by atoms with Gasteiger partial charge in [0.05, 0.1) is 4.92 Å². The van der Waals surface area contributed by atoms with E-state index in [9.17, 15) is 19.7 Å². The number of ether oxygens (including phenoxy) is 2. The number of hydrogen-bond donors (Lipinski definition) is 1. The molecule has 0 aliphatic heterocycles. The highest BCUT2D eigenvalue weighted by Gasteiger charge is 2.10. The SMILES string of the molecule is Cc1ccc(OCC(=O)OCC(=O)Nc2ccc([N+](=O)[O-])cc2)cc1C. The summed E-state index contributed by atoms with van der Waals surface area (Å²) in [6, 6.07) is 10.7. The van der Waals surface area contributed by atoms with E-state index in [4.69, 9.17) is 9.47 Å². The van der Waals surface area contributed by atoms with E-state index >= 15 is 0 Å². The number of aryl methyl sites for hydroxylation is 2. The van der Waals surface area contributed by atoms with Gasteiger partial charge in [0.25, 0.3) is 11.6 Å². The van der Waals surface area contributed by atoms with E-state index in [1.165, 1.54) is 24.3 Å². The standard InChI is InChI=1S/C18H18N2O6/c1-12-3-8-16(9-13(12)2)25-11-18(22)26-10-17(21)19-14-4-6-15(7-5-14)20(23)24/h3-9H,10-11H2,1-2H3,(H,19,21). The van der Waals surface area contributed by atoms with Gasteiger partial charge in [-0.05, 0) is 49.2 Å². The zero-order valence-corrected chi connectivity index (χ0v) is 14.4. The average molecular weight is 358 g/mol. The quantitative estimate of drug-likeness (QED) is 0.463. The van der Waals surface area contributed by atoms with E-state index in [0.717, 1.165) is 11.1 Å². The van der Waals surface area contributed by atoms with E-state index in [1.54, 1.807) is 6.07 Å². The number of nitrogens with zero attached hydrogens (tertiary/aromatic N) is 1. The lowest BCUT2D eigenvalue weighted by Gasteiger charge is -2.09. The Balaban J connectivity index is 1.74. The molecule has 2 aromatic carbocycles. The number of carbonyl (C=O) groups is 2. The number of rotatable bonds is 7. The summed E-state index contributed by atoms with van der Waals surface area (Å²) in [6.45, 7) is 3.11. The summed E-state index contributed by atoms with van der Waals surface area (Å²) in [5.74, 6) is -0.694. The lowest BCUT2D eigenvalue weighted by Crippen LogP contribution is -2.23. The van der Waals surface area contributed by atoms with Gasteiger partial charge in [0, 0.05) is 17.8 Å². The van der Waals surface area contributed by atoms with Crippen LogP contribution < -0.4 is 10.1 Å². The van der Waals surface area contributed by atoms with Crippen molar-refractivity contribution < 1.29 is 24.0 Å². The molecule has 0 aromatic heterocycles. The molecule has 0 saturated carbocycles. The first-order valence-electron chi connectivity index (χ1n) is 7.75. The van der Waals surface area contributed by atoms with Crippen LogP contribution in [-0.4, -0.2) is 30.0 Å². The van der Waals surface area contributed by atoms with E-state index in [2.05, 4.69) is 5.32 Å². The summed E-state index contributed by atoms with van der Waals surface area (Å²) in [6.07, 6.45) is 0. The number of nitro benzene ring substituents is 1. The average Bonchev–Trinajstić information content (AvgIpc) is 2.61. The second-order valence-electron chi connectivity index (χ2n) is 5.55. The molecule has 26 heavy (non-hydrogen) atoms. The zero-order valence-electron chi connectivity index (χ0n) is 14.4. The molecule has 0 spiro atoms. The first kappa shape index (κ1) is 18.9. The molecule has 136 valence electrons. The van der Waals surface area contributed by atoms with Crippen molar-refractivity contribution in [1.29, 1.82) is 0 Å². The molecule has 1 amide bonds. The molecular weight excluding hydrogens is 340 g/mol. The summed E-state index contributed by atoms with van der Waals surface area (Å²) < 4.78 is 10.1. The van der Waals surface area contributed by atoms with Crippen molar-refractivity contribution in [1.82, 2.24) is 0 Å². The van der Waals surface area contributed by atoms with E-state index in [1.807, 2.05) is 26.0 Å². The van der Waals surface area contributed by atoms with Gasteiger partial charge in [-0.25, -0.2) is 4.79 Å². The van der Waals surface area contributed by atoms with Crippen molar-refractivity contribution in [2.75, 3.05) is 18.5 Å². The highest BCUT2D eigenvalue weighted by atomic mass is 16.6. The largest absolute Gasteiger partial charge is 0.482 e. The number of hydrogen-bond acceptors (Lipinski definition) is 6. The highest BCUT2D eigenvalue weighted by molar-refractivity contribution is 5.92. The topological polar surface area (TPSA) is 108 Å². The van der Waals surface area contributed by atoms with Crippen LogP contribution in [0.3, 0.4) is 0 Å². The van der Waals surface area contributed by atoms with Crippen molar-refractivity contribution in [3.8, 4) is 5.75 Å². The lowest BCUT2D eigenvalue weighted by atomic mass is 10.1. The van der Waals surface area contributed by atoms with Gasteiger partial charge in [0.15, 0.2) is 13.2 Å². The van der Waals surface area contributed by atoms with Crippen molar-refractivity contribution >= 4 is 23.3 Å². The van der Waals surface area contributed by atoms with Gasteiger partial charge >= 0.3 is 5.97 Å². The summed E-state index contributed by atoms with van der Waals surface area (Å²) in [7, 11) is 0. The number of esters is 1. The molecule has 0 aliphatic rings. The molecule has 8 heteroatoms. The number of benzene rings is 2. The van der Waals surface area contributed by atoms with Crippen LogP contribution in [0.4, 0.5) is 11.4 Å². The fraction of sp³-hybridized carbons (Fsp3) is 0.222. The van der Waals surface area contributed by atoms with Crippen LogP contribution in [-0.2, 0) is 14.3 Å². The Morgan fingerprint density at radius 1 is 1.04 bits per heavy atom. The zero-order chi connectivity index (χ0) is 19.1. The maximum atomic E-state index is 11.7. The lowest BCUT2D eigenvalue weighted by molar-refractivity contribution is -0.384. The molecule has 0 radical (unpaired) electrons. The molecular formula is C18H18N2O6. The second kappa shape index (κ2) is 8.61. The Morgan fingerprint density at radius 2 is 1.73 bits per heavy atom. The highest BCUT2D eigenvalue weighted by Crippen LogP contribution is 2.17. The Hall–Kier alpha value is -3.42. The molecule has 1 N–H and O–H groups in total. The Kier molecular flexibility index (Phi) is 6.26. The van der Waals surface area contributed by atoms with Crippen molar-refractivity contribution in [2.24, 2.45) is 0 Å². The van der Waals surface area contributed by atoms with E-state index in [0.29, 0.717) is 11.4 Å². The van der Waals surface area contributed by atoms with Gasteiger partial charge in [-0.15, -0.1) is 0 Å². The first-order chi connectivity index (χ1) is 12.3. The van der Waals surface area contributed by atoms with Crippen LogP contribution in [0.25, 0.3) is 0 Å². The molecule has 0 unspecified atom stereocenters. The maximum Gasteiger partial charge on any atom is 0.344 e. The van der Waals surface area contributed by atoms with Crippen LogP contribution in [0, 0.1) is 24.0 Å². The van der Waals surface area contributed by atoms with Crippen LogP contribution in [0.5, 0.6) is 5.75 Å². The van der Waals surface area contributed by atoms with Crippen LogP contribution in [0.1, 0.15) is 11.1 Å². The van der Waals surface area contributed by atoms with Gasteiger partial charge in [-0.3, -0.25) is 14.9 Å². The Labute approximate surface area is 149 Å². The molecule has 0 saturated heterocycles. The molecule has 0 heterocycles. The fourth-order valence-corrected chi connectivity index (χ4v) is 2.00. The number of anilines is 1. The van der Waals surface area contributed by atoms with Crippen molar-refractivity contribution in [3.63, 3.8) is 0 Å². The molecule has 0 fully saturated rings. The predicted octanol–water partition coefficient (Wildman–Crippen LogP) is 2.77. The van der Waals surface area contributed by atoms with E-state index in [-0.39, 0.29) is 12.3 Å². The molecule has 0 atom stereocenters. The van der Waals surface area contributed by atoms with E-state index < -0.39 is 23.4 Å². The molecule has 0 bridgehead atoms. The number of non-ortho nitro benzene ring substituents is 1. The van der Waals surface area contributed by atoms with Gasteiger partial charge < -0.3 is 14.8 Å². The Bertz CT molecular complexity index is 817. The third-order valence-corrected chi connectivity index (χ3v) is 3.56. The summed E-state index contributed by atoms with van der Waals surface area (Å²) in [5.41, 5.74) is 2.43. The third kappa shape index (κ3) is 5.59. The van der Waals surface area contributed by atoms with Gasteiger partial charge in [0.1, 0.15) is 5.75 Å². The molecule has 8 nitrogen and oxygen atoms in total. The monoisotopic (exact) mass is 358 g/mol. The summed E-state index contributed by atoms with van der Waals surface area (Å²) in [5, 5.41) is 13.0. The van der Waals surface area contributed by atoms with Crippen LogP contribution in [0.2, 0.25) is 0 Å². The Morgan fingerprint density at radius 3 is 2.35 bits per heavy atom. The molecule has 2 aromatic rings. The fourth-order valence-electron chi connectivity index (χ4n) is 2.00. The minimum Gasteiger partial charge on any atom is -0.482 e. The summed E-state index contributed by atoms with van der Waals surface area (Å²) >= 11 is 0. The minimum absolute atomic E-state index is 0.0853.